The van der Waals surface area contributed by atoms with Crippen molar-refractivity contribution in [3.05, 3.63) is 101 Å². The summed E-state index contributed by atoms with van der Waals surface area (Å²) in [6, 6.07) is 21.8. The van der Waals surface area contributed by atoms with E-state index in [2.05, 4.69) is 4.90 Å². The van der Waals surface area contributed by atoms with Crippen LogP contribution in [-0.4, -0.2) is 73.1 Å². The molecule has 0 saturated carbocycles. The number of ether oxygens (including phenoxy) is 3. The maximum atomic E-state index is 13.4. The topological polar surface area (TPSA) is 88.5 Å². The lowest BCUT2D eigenvalue weighted by atomic mass is 9.94. The Kier molecular flexibility index (Phi) is 8.48. The minimum absolute atomic E-state index is 0.0817. The molecule has 40 heavy (non-hydrogen) atoms. The zero-order valence-corrected chi connectivity index (χ0v) is 22.8. The van der Waals surface area contributed by atoms with E-state index < -0.39 is 17.7 Å². The lowest BCUT2D eigenvalue weighted by molar-refractivity contribution is -0.140. The van der Waals surface area contributed by atoms with Gasteiger partial charge in [-0.05, 0) is 53.9 Å². The molecule has 208 valence electrons. The van der Waals surface area contributed by atoms with E-state index in [4.69, 9.17) is 14.2 Å². The highest BCUT2D eigenvalue weighted by Gasteiger charge is 2.46. The van der Waals surface area contributed by atoms with Crippen molar-refractivity contribution in [2.75, 3.05) is 46.5 Å². The van der Waals surface area contributed by atoms with E-state index in [-0.39, 0.29) is 11.3 Å². The molecule has 1 atom stereocenters. The number of carbonyl (C=O) groups is 2. The summed E-state index contributed by atoms with van der Waals surface area (Å²) in [5.74, 6) is -0.187. The van der Waals surface area contributed by atoms with Crippen LogP contribution in [-0.2, 0) is 20.9 Å². The van der Waals surface area contributed by atoms with Crippen molar-refractivity contribution in [3.8, 4) is 11.5 Å². The molecule has 1 N–H and O–H groups in total. The summed E-state index contributed by atoms with van der Waals surface area (Å²) < 4.78 is 16.7. The third kappa shape index (κ3) is 5.88. The molecule has 1 amide bonds. The molecule has 0 aromatic heterocycles. The number of aryl methyl sites for hydroxylation is 1. The second-order valence-electron chi connectivity index (χ2n) is 9.97. The van der Waals surface area contributed by atoms with E-state index in [0.717, 1.165) is 29.8 Å². The number of Topliss-reactive ketones (excluding diaryl/α,β-unsaturated/α-hetero) is 1. The number of rotatable bonds is 9. The minimum Gasteiger partial charge on any atom is -0.507 e. The Labute approximate surface area is 234 Å². The number of ketones is 1. The smallest absolute Gasteiger partial charge is 0.295 e. The monoisotopic (exact) mass is 542 g/mol. The molecule has 2 aliphatic heterocycles. The van der Waals surface area contributed by atoms with Gasteiger partial charge in [0.25, 0.3) is 11.7 Å². The molecule has 0 spiro atoms. The second kappa shape index (κ2) is 12.4. The Balaban J connectivity index is 1.47. The van der Waals surface area contributed by atoms with Gasteiger partial charge in [-0.25, -0.2) is 0 Å². The normalized spacial score (nSPS) is 19.1. The van der Waals surface area contributed by atoms with E-state index >= 15 is 0 Å². The molecule has 0 radical (unpaired) electrons. The quantitative estimate of drug-likeness (QED) is 0.245. The maximum absolute atomic E-state index is 13.4. The number of aliphatic hydroxyl groups is 1. The molecule has 2 heterocycles. The molecule has 3 aromatic carbocycles. The van der Waals surface area contributed by atoms with Gasteiger partial charge in [0.05, 0.1) is 31.9 Å². The standard InChI is InChI=1S/C32H34N2O6/c1-22-20-26(38-2)12-13-27(22)30(35)28-29(34(32(37)31(28)36)15-14-33-16-18-39-19-17-33)24-8-10-25(11-9-24)40-21-23-6-4-3-5-7-23/h3-13,20,29,35H,14-19,21H2,1-2H3. The van der Waals surface area contributed by atoms with Gasteiger partial charge in [-0.3, -0.25) is 14.5 Å². The fourth-order valence-corrected chi connectivity index (χ4v) is 5.19. The first-order chi connectivity index (χ1) is 19.5. The van der Waals surface area contributed by atoms with Crippen LogP contribution in [0, 0.1) is 6.92 Å². The molecular weight excluding hydrogens is 508 g/mol. The van der Waals surface area contributed by atoms with Crippen LogP contribution in [0.1, 0.15) is 28.3 Å². The molecule has 1 unspecified atom stereocenters. The molecule has 0 bridgehead atoms. The number of methoxy groups -OCH3 is 1. The van der Waals surface area contributed by atoms with Crippen LogP contribution in [0.25, 0.3) is 5.76 Å². The summed E-state index contributed by atoms with van der Waals surface area (Å²) in [7, 11) is 1.57. The highest BCUT2D eigenvalue weighted by molar-refractivity contribution is 6.46. The van der Waals surface area contributed by atoms with Gasteiger partial charge in [0.15, 0.2) is 0 Å². The van der Waals surface area contributed by atoms with Gasteiger partial charge in [-0.1, -0.05) is 42.5 Å². The number of nitrogens with zero attached hydrogens (tertiary/aromatic N) is 2. The number of amides is 1. The highest BCUT2D eigenvalue weighted by Crippen LogP contribution is 2.40. The highest BCUT2D eigenvalue weighted by atomic mass is 16.5. The number of aliphatic hydroxyl groups excluding tert-OH is 1. The zero-order valence-electron chi connectivity index (χ0n) is 22.8. The summed E-state index contributed by atoms with van der Waals surface area (Å²) in [5.41, 5.74) is 3.08. The number of morpholine rings is 1. The fraction of sp³-hybridized carbons (Fsp3) is 0.312. The molecule has 8 heteroatoms. The van der Waals surface area contributed by atoms with E-state index in [1.165, 1.54) is 0 Å². The van der Waals surface area contributed by atoms with Crippen molar-refractivity contribution in [1.29, 1.82) is 0 Å². The summed E-state index contributed by atoms with van der Waals surface area (Å²) in [6.45, 7) is 6.04. The van der Waals surface area contributed by atoms with Crippen LogP contribution < -0.4 is 9.47 Å². The average Bonchev–Trinajstić information content (AvgIpc) is 3.25. The first-order valence-electron chi connectivity index (χ1n) is 13.5. The van der Waals surface area contributed by atoms with Gasteiger partial charge in [0.2, 0.25) is 0 Å². The summed E-state index contributed by atoms with van der Waals surface area (Å²) in [5, 5.41) is 11.5. The predicted molar refractivity (Wildman–Crippen MR) is 151 cm³/mol. The minimum atomic E-state index is -0.731. The van der Waals surface area contributed by atoms with Crippen LogP contribution in [0.2, 0.25) is 0 Å². The number of hydrogen-bond donors (Lipinski definition) is 1. The Morgan fingerprint density at radius 1 is 0.950 bits per heavy atom. The van der Waals surface area contributed by atoms with E-state index in [1.54, 1.807) is 30.2 Å². The van der Waals surface area contributed by atoms with Crippen LogP contribution in [0.4, 0.5) is 0 Å². The molecule has 3 aromatic rings. The maximum Gasteiger partial charge on any atom is 0.295 e. The van der Waals surface area contributed by atoms with E-state index in [1.807, 2.05) is 61.5 Å². The summed E-state index contributed by atoms with van der Waals surface area (Å²) in [6.07, 6.45) is 0. The molecule has 2 saturated heterocycles. The predicted octanol–water partition coefficient (Wildman–Crippen LogP) is 4.34. The Hall–Kier alpha value is -4.14. The van der Waals surface area contributed by atoms with E-state index in [0.29, 0.717) is 50.0 Å². The number of carbonyl (C=O) groups excluding carboxylic acids is 2. The Morgan fingerprint density at radius 2 is 1.65 bits per heavy atom. The van der Waals surface area contributed by atoms with Crippen molar-refractivity contribution < 1.29 is 28.9 Å². The average molecular weight is 543 g/mol. The first kappa shape index (κ1) is 27.4. The third-order valence-electron chi connectivity index (χ3n) is 7.43. The second-order valence-corrected chi connectivity index (χ2v) is 9.97. The van der Waals surface area contributed by atoms with Crippen molar-refractivity contribution in [2.24, 2.45) is 0 Å². The van der Waals surface area contributed by atoms with Gasteiger partial charge < -0.3 is 24.2 Å². The number of hydrogen-bond acceptors (Lipinski definition) is 7. The number of likely N-dealkylation sites (tertiary alicyclic amines) is 1. The molecule has 8 nitrogen and oxygen atoms in total. The van der Waals surface area contributed by atoms with Gasteiger partial charge in [-0.2, -0.15) is 0 Å². The largest absolute Gasteiger partial charge is 0.507 e. The van der Waals surface area contributed by atoms with Crippen LogP contribution in [0.15, 0.2) is 78.4 Å². The Morgan fingerprint density at radius 3 is 2.33 bits per heavy atom. The first-order valence-corrected chi connectivity index (χ1v) is 13.5. The summed E-state index contributed by atoms with van der Waals surface area (Å²) in [4.78, 5) is 30.6. The SMILES string of the molecule is COc1ccc(C(O)=C2C(=O)C(=O)N(CCN3CCOCC3)C2c2ccc(OCc3ccccc3)cc2)c(C)c1. The summed E-state index contributed by atoms with van der Waals surface area (Å²) >= 11 is 0. The van der Waals surface area contributed by atoms with Gasteiger partial charge in [0.1, 0.15) is 23.9 Å². The molecule has 2 fully saturated rings. The van der Waals surface area contributed by atoms with Crippen molar-refractivity contribution in [3.63, 3.8) is 0 Å². The van der Waals surface area contributed by atoms with E-state index in [9.17, 15) is 14.7 Å². The Bertz CT molecular complexity index is 1380. The van der Waals surface area contributed by atoms with Crippen molar-refractivity contribution in [2.45, 2.75) is 19.6 Å². The molecular formula is C32H34N2O6. The lowest BCUT2D eigenvalue weighted by Gasteiger charge is -2.31. The third-order valence-corrected chi connectivity index (χ3v) is 7.43. The lowest BCUT2D eigenvalue weighted by Crippen LogP contribution is -2.42. The van der Waals surface area contributed by atoms with Gasteiger partial charge in [-0.15, -0.1) is 0 Å². The zero-order chi connectivity index (χ0) is 28.1. The van der Waals surface area contributed by atoms with Crippen LogP contribution in [0.3, 0.4) is 0 Å². The van der Waals surface area contributed by atoms with Crippen LogP contribution >= 0.6 is 0 Å². The van der Waals surface area contributed by atoms with Crippen molar-refractivity contribution >= 4 is 17.4 Å². The molecule has 2 aliphatic rings. The fourth-order valence-electron chi connectivity index (χ4n) is 5.19. The van der Waals surface area contributed by atoms with Crippen LogP contribution in [0.5, 0.6) is 11.5 Å². The van der Waals surface area contributed by atoms with Gasteiger partial charge >= 0.3 is 0 Å². The van der Waals surface area contributed by atoms with Gasteiger partial charge in [0, 0.05) is 31.7 Å². The molecule has 5 rings (SSSR count). The number of benzene rings is 3. The van der Waals surface area contributed by atoms with Crippen molar-refractivity contribution in [1.82, 2.24) is 9.80 Å². The molecule has 0 aliphatic carbocycles.